The van der Waals surface area contributed by atoms with Gasteiger partial charge >= 0.3 is 0 Å². The number of fused-ring (bicyclic) bond motifs is 1. The number of anilines is 1. The minimum Gasteiger partial charge on any atom is -0.362 e. The highest BCUT2D eigenvalue weighted by atomic mass is 79.9. The molecule has 6 heteroatoms. The van der Waals surface area contributed by atoms with E-state index < -0.39 is 5.82 Å². The molecule has 0 unspecified atom stereocenters. The van der Waals surface area contributed by atoms with Crippen molar-refractivity contribution in [3.63, 3.8) is 0 Å². The fourth-order valence-corrected chi connectivity index (χ4v) is 2.10. The predicted octanol–water partition coefficient (Wildman–Crippen LogP) is 4.59. The second kappa shape index (κ2) is 6.48. The summed E-state index contributed by atoms with van der Waals surface area (Å²) >= 11 is 9.00. The Morgan fingerprint density at radius 2 is 1.84 bits per heavy atom. The third-order valence-corrected chi connectivity index (χ3v) is 3.57. The second-order valence-electron chi connectivity index (χ2n) is 3.93. The average Bonchev–Trinajstić information content (AvgIpc) is 2.39. The highest BCUT2D eigenvalue weighted by Gasteiger charge is 2.16. The van der Waals surface area contributed by atoms with Gasteiger partial charge in [0, 0.05) is 19.5 Å². The molecule has 0 radical (unpaired) electrons. The topological polar surface area (TPSA) is 29.0 Å². The maximum Gasteiger partial charge on any atom is 0.225 e. The summed E-state index contributed by atoms with van der Waals surface area (Å²) in [5, 5.41) is 0.688. The molecule has 0 saturated heterocycles. The van der Waals surface area contributed by atoms with Crippen LogP contribution in [0.2, 0.25) is 5.28 Å². The quantitative estimate of drug-likeness (QED) is 0.706. The van der Waals surface area contributed by atoms with E-state index in [0.29, 0.717) is 15.7 Å². The van der Waals surface area contributed by atoms with Gasteiger partial charge in [-0.1, -0.05) is 13.8 Å². The standard InChI is InChI=1S/C11H10BrClFN3.C2H6/c1-5-4-6-9(8(14)7(5)12)15-11(13)16-10(6)17(2)3;1-2/h4H,1-3H3;1-2H3. The van der Waals surface area contributed by atoms with Crippen molar-refractivity contribution in [1.82, 2.24) is 9.97 Å². The van der Waals surface area contributed by atoms with Crippen molar-refractivity contribution in [2.75, 3.05) is 19.0 Å². The minimum absolute atomic E-state index is 0.0378. The summed E-state index contributed by atoms with van der Waals surface area (Å²) in [5.74, 6) is 0.196. The van der Waals surface area contributed by atoms with Crippen LogP contribution in [0.1, 0.15) is 19.4 Å². The number of nitrogens with zero attached hydrogens (tertiary/aromatic N) is 3. The zero-order chi connectivity index (χ0) is 14.7. The number of rotatable bonds is 1. The predicted molar refractivity (Wildman–Crippen MR) is 82.6 cm³/mol. The summed E-state index contributed by atoms with van der Waals surface area (Å²) in [6, 6.07) is 1.84. The summed E-state index contributed by atoms with van der Waals surface area (Å²) in [7, 11) is 3.65. The van der Waals surface area contributed by atoms with Crippen LogP contribution < -0.4 is 4.90 Å². The van der Waals surface area contributed by atoms with Crippen LogP contribution in [0.3, 0.4) is 0 Å². The van der Waals surface area contributed by atoms with Crippen molar-refractivity contribution in [2.24, 2.45) is 0 Å². The lowest BCUT2D eigenvalue weighted by molar-refractivity contribution is 0.628. The Labute approximate surface area is 125 Å². The number of aryl methyl sites for hydroxylation is 1. The Balaban J connectivity index is 0.000000861. The summed E-state index contributed by atoms with van der Waals surface area (Å²) in [6.07, 6.45) is 0. The Hall–Kier alpha value is -0.940. The number of aromatic nitrogens is 2. The molecule has 2 rings (SSSR count). The summed E-state index contributed by atoms with van der Waals surface area (Å²) in [5.41, 5.74) is 1.02. The van der Waals surface area contributed by atoms with E-state index in [1.165, 1.54) is 0 Å². The zero-order valence-electron chi connectivity index (χ0n) is 11.6. The fourth-order valence-electron chi connectivity index (χ4n) is 1.63. The van der Waals surface area contributed by atoms with E-state index in [4.69, 9.17) is 11.6 Å². The molecule has 0 saturated carbocycles. The monoisotopic (exact) mass is 347 g/mol. The molecule has 2 aromatic rings. The van der Waals surface area contributed by atoms with Crippen LogP contribution in [0.4, 0.5) is 10.2 Å². The van der Waals surface area contributed by atoms with Crippen molar-refractivity contribution in [3.05, 3.63) is 27.2 Å². The largest absolute Gasteiger partial charge is 0.362 e. The SMILES string of the molecule is CC.Cc1cc2c(N(C)C)nc(Cl)nc2c(F)c1Br. The fraction of sp³-hybridized carbons (Fsp3) is 0.385. The van der Waals surface area contributed by atoms with E-state index in [1.807, 2.05) is 40.9 Å². The normalized spacial score (nSPS) is 10.1. The maximum atomic E-state index is 14.1. The lowest BCUT2D eigenvalue weighted by atomic mass is 10.1. The molecule has 1 heterocycles. The van der Waals surface area contributed by atoms with Crippen molar-refractivity contribution in [1.29, 1.82) is 0 Å². The molecule has 0 aliphatic heterocycles. The van der Waals surface area contributed by atoms with Gasteiger partial charge in [0.15, 0.2) is 5.82 Å². The van der Waals surface area contributed by atoms with Gasteiger partial charge in [-0.15, -0.1) is 0 Å². The van der Waals surface area contributed by atoms with Gasteiger partial charge in [0.1, 0.15) is 11.3 Å². The Bertz CT molecular complexity index is 602. The molecule has 1 aromatic carbocycles. The molecule has 0 aliphatic rings. The van der Waals surface area contributed by atoms with Gasteiger partial charge in [-0.25, -0.2) is 9.37 Å². The van der Waals surface area contributed by atoms with E-state index in [9.17, 15) is 4.39 Å². The molecule has 0 bridgehead atoms. The number of hydrogen-bond acceptors (Lipinski definition) is 3. The molecule has 3 nitrogen and oxygen atoms in total. The Kier molecular flexibility index (Phi) is 5.50. The van der Waals surface area contributed by atoms with Crippen molar-refractivity contribution in [2.45, 2.75) is 20.8 Å². The Morgan fingerprint density at radius 1 is 1.26 bits per heavy atom. The van der Waals surface area contributed by atoms with Crippen LogP contribution in [0.15, 0.2) is 10.5 Å². The number of benzene rings is 1. The maximum absolute atomic E-state index is 14.1. The first-order chi connectivity index (χ1) is 8.91. The highest BCUT2D eigenvalue weighted by molar-refractivity contribution is 9.10. The molecule has 0 spiro atoms. The van der Waals surface area contributed by atoms with E-state index >= 15 is 0 Å². The number of halogens is 3. The molecule has 0 atom stereocenters. The molecular weight excluding hydrogens is 333 g/mol. The van der Waals surface area contributed by atoms with Crippen LogP contribution >= 0.6 is 27.5 Å². The van der Waals surface area contributed by atoms with Gasteiger partial charge in [0.2, 0.25) is 5.28 Å². The van der Waals surface area contributed by atoms with Crippen LogP contribution in [-0.2, 0) is 0 Å². The molecule has 0 amide bonds. The van der Waals surface area contributed by atoms with Gasteiger partial charge in [-0.05, 0) is 46.1 Å². The molecule has 1 aromatic heterocycles. The van der Waals surface area contributed by atoms with Gasteiger partial charge < -0.3 is 4.90 Å². The third-order valence-electron chi connectivity index (χ3n) is 2.43. The number of hydrogen-bond donors (Lipinski definition) is 0. The van der Waals surface area contributed by atoms with Gasteiger partial charge in [-0.2, -0.15) is 4.98 Å². The zero-order valence-corrected chi connectivity index (χ0v) is 13.9. The Morgan fingerprint density at radius 3 is 2.37 bits per heavy atom. The van der Waals surface area contributed by atoms with Gasteiger partial charge in [0.05, 0.1) is 4.47 Å². The summed E-state index contributed by atoms with van der Waals surface area (Å²) in [6.45, 7) is 5.82. The molecular formula is C13H16BrClFN3. The molecule has 19 heavy (non-hydrogen) atoms. The van der Waals surface area contributed by atoms with Gasteiger partial charge in [-0.3, -0.25) is 0 Å². The van der Waals surface area contributed by atoms with Crippen LogP contribution in [0.25, 0.3) is 10.9 Å². The highest BCUT2D eigenvalue weighted by Crippen LogP contribution is 2.32. The third kappa shape index (κ3) is 3.15. The van der Waals surface area contributed by atoms with Gasteiger partial charge in [0.25, 0.3) is 0 Å². The van der Waals surface area contributed by atoms with E-state index in [-0.39, 0.29) is 10.8 Å². The lowest BCUT2D eigenvalue weighted by Crippen LogP contribution is -2.12. The van der Waals surface area contributed by atoms with Crippen molar-refractivity contribution in [3.8, 4) is 0 Å². The minimum atomic E-state index is -0.410. The van der Waals surface area contributed by atoms with E-state index in [0.717, 1.165) is 5.56 Å². The van der Waals surface area contributed by atoms with Crippen molar-refractivity contribution < 1.29 is 4.39 Å². The first kappa shape index (κ1) is 16.1. The van der Waals surface area contributed by atoms with Crippen LogP contribution in [0.5, 0.6) is 0 Å². The average molecular weight is 349 g/mol. The van der Waals surface area contributed by atoms with Crippen LogP contribution in [-0.4, -0.2) is 24.1 Å². The summed E-state index contributed by atoms with van der Waals surface area (Å²) < 4.78 is 14.5. The second-order valence-corrected chi connectivity index (χ2v) is 5.06. The van der Waals surface area contributed by atoms with Crippen LogP contribution in [0, 0.1) is 12.7 Å². The van der Waals surface area contributed by atoms with Crippen molar-refractivity contribution >= 4 is 44.3 Å². The molecule has 0 fully saturated rings. The molecule has 104 valence electrons. The smallest absolute Gasteiger partial charge is 0.225 e. The van der Waals surface area contributed by atoms with E-state index in [1.54, 1.807) is 4.90 Å². The molecule has 0 N–H and O–H groups in total. The summed E-state index contributed by atoms with van der Waals surface area (Å²) in [4.78, 5) is 9.83. The first-order valence-electron chi connectivity index (χ1n) is 5.91. The molecule has 0 aliphatic carbocycles. The first-order valence-corrected chi connectivity index (χ1v) is 7.08. The lowest BCUT2D eigenvalue weighted by Gasteiger charge is -2.15. The van der Waals surface area contributed by atoms with E-state index in [2.05, 4.69) is 25.9 Å².